The van der Waals surface area contributed by atoms with Gasteiger partial charge >= 0.3 is 5.97 Å². The van der Waals surface area contributed by atoms with E-state index < -0.39 is 23.7 Å². The number of fused-ring (bicyclic) bond motifs is 1. The fraction of sp³-hybridized carbons (Fsp3) is 0.348. The van der Waals surface area contributed by atoms with Crippen LogP contribution in [0.3, 0.4) is 0 Å². The second kappa shape index (κ2) is 8.68. The van der Waals surface area contributed by atoms with Gasteiger partial charge in [-0.05, 0) is 47.4 Å². The first-order chi connectivity index (χ1) is 13.8. The average molecular weight is 396 g/mol. The molecule has 0 saturated carbocycles. The van der Waals surface area contributed by atoms with Gasteiger partial charge in [0.05, 0.1) is 6.04 Å². The molecule has 154 valence electrons. The summed E-state index contributed by atoms with van der Waals surface area (Å²) in [5.41, 5.74) is 4.02. The Morgan fingerprint density at radius 3 is 2.66 bits per heavy atom. The normalized spacial score (nSPS) is 19.3. The highest BCUT2D eigenvalue weighted by atomic mass is 16.5. The first kappa shape index (κ1) is 20.9. The van der Waals surface area contributed by atoms with Crippen LogP contribution in [0.25, 0.3) is 10.8 Å². The van der Waals surface area contributed by atoms with Crippen LogP contribution >= 0.6 is 0 Å². The predicted octanol–water partition coefficient (Wildman–Crippen LogP) is 3.17. The summed E-state index contributed by atoms with van der Waals surface area (Å²) in [7, 11) is 0. The number of carbonyl (C=O) groups is 1. The maximum Gasteiger partial charge on any atom is 0.337 e. The summed E-state index contributed by atoms with van der Waals surface area (Å²) in [5.74, 6) is 0.129. The van der Waals surface area contributed by atoms with E-state index in [1.807, 2.05) is 56.3 Å². The van der Waals surface area contributed by atoms with Gasteiger partial charge < -0.3 is 26.0 Å². The van der Waals surface area contributed by atoms with E-state index in [2.05, 4.69) is 5.32 Å². The second-order valence-corrected chi connectivity index (χ2v) is 7.96. The average Bonchev–Trinajstić information content (AvgIpc) is 2.67. The third kappa shape index (κ3) is 4.96. The van der Waals surface area contributed by atoms with Gasteiger partial charge in [-0.1, -0.05) is 44.2 Å². The molecule has 0 amide bonds. The molecular weight excluding hydrogens is 368 g/mol. The van der Waals surface area contributed by atoms with E-state index >= 15 is 0 Å². The Morgan fingerprint density at radius 2 is 1.97 bits per heavy atom. The number of rotatable bonds is 8. The van der Waals surface area contributed by atoms with Crippen molar-refractivity contribution in [1.29, 1.82) is 0 Å². The van der Waals surface area contributed by atoms with Crippen molar-refractivity contribution < 1.29 is 19.7 Å². The summed E-state index contributed by atoms with van der Waals surface area (Å²) in [4.78, 5) is 11.8. The predicted molar refractivity (Wildman–Crippen MR) is 113 cm³/mol. The van der Waals surface area contributed by atoms with Crippen molar-refractivity contribution in [2.45, 2.75) is 44.4 Å². The first-order valence-electron chi connectivity index (χ1n) is 9.80. The van der Waals surface area contributed by atoms with Gasteiger partial charge in [0.1, 0.15) is 11.5 Å². The van der Waals surface area contributed by atoms with Crippen LogP contribution in [-0.2, 0) is 4.79 Å². The Morgan fingerprint density at radius 1 is 1.24 bits per heavy atom. The van der Waals surface area contributed by atoms with Crippen LogP contribution in [0.5, 0.6) is 5.75 Å². The highest BCUT2D eigenvalue weighted by Gasteiger charge is 2.44. The zero-order valence-corrected chi connectivity index (χ0v) is 16.7. The molecule has 0 aliphatic carbocycles. The summed E-state index contributed by atoms with van der Waals surface area (Å²) in [6, 6.07) is 12.5. The number of aliphatic carboxylic acids is 1. The molecule has 0 saturated heterocycles. The fourth-order valence-corrected chi connectivity index (χ4v) is 3.54. The molecular formula is C23H28N2O4. The number of hydrogen-bond donors (Lipinski definition) is 4. The van der Waals surface area contributed by atoms with Crippen LogP contribution in [0.4, 0.5) is 0 Å². The quantitative estimate of drug-likeness (QED) is 0.546. The highest BCUT2D eigenvalue weighted by Crippen LogP contribution is 2.26. The number of nitrogens with one attached hydrogen (secondary N) is 1. The van der Waals surface area contributed by atoms with Crippen molar-refractivity contribution in [1.82, 2.24) is 5.32 Å². The van der Waals surface area contributed by atoms with Gasteiger partial charge in [-0.25, -0.2) is 4.79 Å². The number of benzene rings is 2. The zero-order chi connectivity index (χ0) is 21.0. The number of dihydropyridines is 1. The monoisotopic (exact) mass is 396 g/mol. The van der Waals surface area contributed by atoms with E-state index in [1.165, 1.54) is 0 Å². The third-order valence-corrected chi connectivity index (χ3v) is 5.12. The smallest absolute Gasteiger partial charge is 0.337 e. The molecule has 1 heterocycles. The lowest BCUT2D eigenvalue weighted by molar-refractivity contribution is -0.162. The molecule has 0 aromatic heterocycles. The van der Waals surface area contributed by atoms with E-state index in [0.29, 0.717) is 17.9 Å². The van der Waals surface area contributed by atoms with E-state index in [-0.39, 0.29) is 12.3 Å². The topological polar surface area (TPSA) is 105 Å². The molecule has 0 fully saturated rings. The van der Waals surface area contributed by atoms with Crippen molar-refractivity contribution in [2.24, 2.45) is 11.7 Å². The highest BCUT2D eigenvalue weighted by molar-refractivity contribution is 5.83. The molecule has 0 spiro atoms. The standard InChI is InChI=1S/C23H28N2O4/c1-15(2)11-21(24)23(28,22(26)27)14-18-13-20(9-10-25-18)29-19-8-7-16-5-3-4-6-17(16)12-19/h3-10,12-13,15,18,21,25,28H,11,14,24H2,1-2H3,(H,26,27)/t18?,21-,23+/m0/s1. The van der Waals surface area contributed by atoms with Gasteiger partial charge in [-0.3, -0.25) is 0 Å². The number of allylic oxidation sites excluding steroid dienone is 1. The minimum atomic E-state index is -2.03. The minimum Gasteiger partial charge on any atom is -0.479 e. The molecule has 2 aromatic rings. The molecule has 2 aromatic carbocycles. The summed E-state index contributed by atoms with van der Waals surface area (Å²) in [6.45, 7) is 3.89. The van der Waals surface area contributed by atoms with E-state index in [0.717, 1.165) is 10.8 Å². The van der Waals surface area contributed by atoms with Crippen molar-refractivity contribution in [3.8, 4) is 5.75 Å². The van der Waals surface area contributed by atoms with Gasteiger partial charge in [-0.2, -0.15) is 0 Å². The van der Waals surface area contributed by atoms with Gasteiger partial charge in [-0.15, -0.1) is 0 Å². The van der Waals surface area contributed by atoms with Gasteiger partial charge in [0, 0.05) is 18.7 Å². The largest absolute Gasteiger partial charge is 0.479 e. The van der Waals surface area contributed by atoms with E-state index in [9.17, 15) is 15.0 Å². The molecule has 1 aliphatic heterocycles. The molecule has 1 unspecified atom stereocenters. The van der Waals surface area contributed by atoms with Gasteiger partial charge in [0.15, 0.2) is 5.60 Å². The molecule has 0 radical (unpaired) electrons. The van der Waals surface area contributed by atoms with E-state index in [4.69, 9.17) is 10.5 Å². The Kier molecular flexibility index (Phi) is 6.25. The minimum absolute atomic E-state index is 0.0643. The van der Waals surface area contributed by atoms with Gasteiger partial charge in [0.2, 0.25) is 0 Å². The SMILES string of the molecule is CC(C)C[C@H](N)[C@](O)(CC1C=C(Oc2ccc3ccccc3c2)C=CN1)C(=O)O. The Balaban J connectivity index is 1.75. The van der Waals surface area contributed by atoms with Crippen LogP contribution in [0.1, 0.15) is 26.7 Å². The molecule has 6 nitrogen and oxygen atoms in total. The number of aliphatic hydroxyl groups is 1. The van der Waals surface area contributed by atoms with Crippen LogP contribution in [0, 0.1) is 5.92 Å². The van der Waals surface area contributed by atoms with Crippen molar-refractivity contribution in [2.75, 3.05) is 0 Å². The number of hydrogen-bond acceptors (Lipinski definition) is 5. The van der Waals surface area contributed by atoms with Crippen molar-refractivity contribution >= 4 is 16.7 Å². The lowest BCUT2D eigenvalue weighted by atomic mass is 9.83. The molecule has 3 atom stereocenters. The summed E-state index contributed by atoms with van der Waals surface area (Å²) in [5, 5.41) is 25.7. The maximum absolute atomic E-state index is 11.8. The Labute approximate surface area is 170 Å². The first-order valence-corrected chi connectivity index (χ1v) is 9.80. The summed E-state index contributed by atoms with van der Waals surface area (Å²) < 4.78 is 5.97. The van der Waals surface area contributed by atoms with Gasteiger partial charge in [0.25, 0.3) is 0 Å². The van der Waals surface area contributed by atoms with E-state index in [1.54, 1.807) is 18.4 Å². The van der Waals surface area contributed by atoms with Crippen molar-refractivity contribution in [3.05, 3.63) is 66.6 Å². The zero-order valence-electron chi connectivity index (χ0n) is 16.7. The number of nitrogens with two attached hydrogens (primary N) is 1. The molecule has 1 aliphatic rings. The summed E-state index contributed by atoms with van der Waals surface area (Å²) >= 11 is 0. The Hall–Kier alpha value is -2.83. The van der Waals surface area contributed by atoms with Crippen LogP contribution < -0.4 is 15.8 Å². The molecule has 29 heavy (non-hydrogen) atoms. The van der Waals surface area contributed by atoms with Crippen LogP contribution in [-0.4, -0.2) is 33.9 Å². The Bertz CT molecular complexity index is 937. The van der Waals surface area contributed by atoms with Crippen LogP contribution in [0.15, 0.2) is 66.6 Å². The van der Waals surface area contributed by atoms with Crippen molar-refractivity contribution in [3.63, 3.8) is 0 Å². The summed E-state index contributed by atoms with van der Waals surface area (Å²) in [6.07, 6.45) is 5.57. The second-order valence-electron chi connectivity index (χ2n) is 7.96. The lowest BCUT2D eigenvalue weighted by Gasteiger charge is -2.34. The number of carboxylic acids is 1. The molecule has 0 bridgehead atoms. The molecule has 5 N–H and O–H groups in total. The molecule has 3 rings (SSSR count). The van der Waals surface area contributed by atoms with Crippen LogP contribution in [0.2, 0.25) is 0 Å². The number of ether oxygens (including phenoxy) is 1. The lowest BCUT2D eigenvalue weighted by Crippen LogP contribution is -2.57. The molecule has 6 heteroatoms. The third-order valence-electron chi connectivity index (χ3n) is 5.12. The number of carboxylic acid groups (broad SMARTS) is 1. The fourth-order valence-electron chi connectivity index (χ4n) is 3.54. The maximum atomic E-state index is 11.8.